The third kappa shape index (κ3) is 2.80. The van der Waals surface area contributed by atoms with Crippen molar-refractivity contribution in [3.63, 3.8) is 0 Å². The molecule has 19 heavy (non-hydrogen) atoms. The maximum atomic E-state index is 12.6. The van der Waals surface area contributed by atoms with Crippen LogP contribution in [-0.4, -0.2) is 18.1 Å². The van der Waals surface area contributed by atoms with E-state index in [1.165, 1.54) is 6.07 Å². The Morgan fingerprint density at radius 3 is 2.32 bits per heavy atom. The molecule has 1 aromatic heterocycles. The largest absolute Gasteiger partial charge is 0.416 e. The quantitative estimate of drug-likeness (QED) is 0.833. The molecular formula is C14H15F3N2. The molecule has 1 aromatic carbocycles. The summed E-state index contributed by atoms with van der Waals surface area (Å²) in [4.78, 5) is 6.45. The molecule has 0 aliphatic heterocycles. The average molecular weight is 268 g/mol. The highest BCUT2D eigenvalue weighted by Crippen LogP contribution is 2.31. The van der Waals surface area contributed by atoms with Gasteiger partial charge in [0, 0.05) is 18.5 Å². The summed E-state index contributed by atoms with van der Waals surface area (Å²) < 4.78 is 37.8. The van der Waals surface area contributed by atoms with E-state index < -0.39 is 11.7 Å². The minimum absolute atomic E-state index is 0.505. The van der Waals surface area contributed by atoms with Crippen LogP contribution in [0, 0.1) is 0 Å². The Hall–Kier alpha value is -1.78. The minimum Gasteiger partial charge on any atom is -0.357 e. The van der Waals surface area contributed by atoms with E-state index in [9.17, 15) is 13.2 Å². The zero-order chi connectivity index (χ0) is 14.0. The summed E-state index contributed by atoms with van der Waals surface area (Å²) >= 11 is 0. The lowest BCUT2D eigenvalue weighted by Crippen LogP contribution is -2.22. The first-order valence-electron chi connectivity index (χ1n) is 6.18. The molecule has 0 N–H and O–H groups in total. The number of pyridine rings is 1. The molecule has 0 saturated heterocycles. The maximum absolute atomic E-state index is 12.6. The smallest absolute Gasteiger partial charge is 0.357 e. The molecule has 2 aromatic rings. The highest BCUT2D eigenvalue weighted by molar-refractivity contribution is 5.81. The van der Waals surface area contributed by atoms with Gasteiger partial charge in [0.15, 0.2) is 0 Å². The van der Waals surface area contributed by atoms with Gasteiger partial charge in [0.1, 0.15) is 5.82 Å². The standard InChI is InChI=1S/C14H15F3N2/c1-3-19(4-2)13-8-5-10-9-11(14(15,16)17)6-7-12(10)18-13/h5-9H,3-4H2,1-2H3. The number of aromatic nitrogens is 1. The number of benzene rings is 1. The predicted octanol–water partition coefficient (Wildman–Crippen LogP) is 4.10. The molecule has 0 aliphatic carbocycles. The molecule has 1 heterocycles. The Kier molecular flexibility index (Phi) is 3.64. The molecule has 0 spiro atoms. The number of nitrogens with zero attached hydrogens (tertiary/aromatic N) is 2. The van der Waals surface area contributed by atoms with Crippen molar-refractivity contribution in [2.24, 2.45) is 0 Å². The van der Waals surface area contributed by atoms with E-state index in [-0.39, 0.29) is 0 Å². The molecule has 0 unspecified atom stereocenters. The van der Waals surface area contributed by atoms with Crippen LogP contribution in [0.15, 0.2) is 30.3 Å². The number of rotatable bonds is 3. The first kappa shape index (κ1) is 13.6. The maximum Gasteiger partial charge on any atom is 0.416 e. The number of fused-ring (bicyclic) bond motifs is 1. The molecule has 0 radical (unpaired) electrons. The Balaban J connectivity index is 2.46. The third-order valence-electron chi connectivity index (χ3n) is 3.09. The van der Waals surface area contributed by atoms with Gasteiger partial charge in [-0.25, -0.2) is 4.98 Å². The summed E-state index contributed by atoms with van der Waals surface area (Å²) in [5, 5.41) is 0.505. The molecule has 102 valence electrons. The van der Waals surface area contributed by atoms with E-state index in [1.54, 1.807) is 12.1 Å². The van der Waals surface area contributed by atoms with Crippen LogP contribution < -0.4 is 4.90 Å². The molecular weight excluding hydrogens is 253 g/mol. The third-order valence-corrected chi connectivity index (χ3v) is 3.09. The number of anilines is 1. The fourth-order valence-corrected chi connectivity index (χ4v) is 2.01. The molecule has 0 saturated carbocycles. The average Bonchev–Trinajstić information content (AvgIpc) is 2.38. The summed E-state index contributed by atoms with van der Waals surface area (Å²) in [7, 11) is 0. The molecule has 0 amide bonds. The Labute approximate surface area is 109 Å². The highest BCUT2D eigenvalue weighted by atomic mass is 19.4. The van der Waals surface area contributed by atoms with E-state index in [4.69, 9.17) is 0 Å². The van der Waals surface area contributed by atoms with E-state index in [0.717, 1.165) is 31.0 Å². The molecule has 0 fully saturated rings. The second kappa shape index (κ2) is 5.07. The Morgan fingerprint density at radius 1 is 1.05 bits per heavy atom. The van der Waals surface area contributed by atoms with E-state index >= 15 is 0 Å². The normalized spacial score (nSPS) is 11.8. The van der Waals surface area contributed by atoms with Crippen molar-refractivity contribution in [3.8, 4) is 0 Å². The van der Waals surface area contributed by atoms with Crippen LogP contribution in [0.25, 0.3) is 10.9 Å². The van der Waals surface area contributed by atoms with Gasteiger partial charge in [0.2, 0.25) is 0 Å². The van der Waals surface area contributed by atoms with Gasteiger partial charge in [-0.05, 0) is 44.2 Å². The van der Waals surface area contributed by atoms with Crippen LogP contribution in [0.4, 0.5) is 19.0 Å². The number of halogens is 3. The number of hydrogen-bond donors (Lipinski definition) is 0. The van der Waals surface area contributed by atoms with E-state index in [0.29, 0.717) is 10.9 Å². The lowest BCUT2D eigenvalue weighted by molar-refractivity contribution is -0.137. The summed E-state index contributed by atoms with van der Waals surface area (Å²) in [5.41, 5.74) is -0.0604. The van der Waals surface area contributed by atoms with Crippen LogP contribution in [-0.2, 0) is 6.18 Å². The second-order valence-corrected chi connectivity index (χ2v) is 4.25. The monoisotopic (exact) mass is 268 g/mol. The summed E-state index contributed by atoms with van der Waals surface area (Å²) in [6.07, 6.45) is -4.31. The molecule has 2 rings (SSSR count). The minimum atomic E-state index is -4.31. The lowest BCUT2D eigenvalue weighted by atomic mass is 10.1. The van der Waals surface area contributed by atoms with Crippen molar-refractivity contribution >= 4 is 16.7 Å². The predicted molar refractivity (Wildman–Crippen MR) is 70.3 cm³/mol. The Bertz CT molecular complexity index is 574. The molecule has 5 heteroatoms. The van der Waals surface area contributed by atoms with Crippen molar-refractivity contribution in [2.45, 2.75) is 20.0 Å². The number of hydrogen-bond acceptors (Lipinski definition) is 2. The zero-order valence-corrected chi connectivity index (χ0v) is 10.8. The van der Waals surface area contributed by atoms with Crippen LogP contribution in [0.2, 0.25) is 0 Å². The zero-order valence-electron chi connectivity index (χ0n) is 10.8. The summed E-state index contributed by atoms with van der Waals surface area (Å²) in [6, 6.07) is 7.07. The van der Waals surface area contributed by atoms with Gasteiger partial charge in [-0.2, -0.15) is 13.2 Å². The lowest BCUT2D eigenvalue weighted by Gasteiger charge is -2.20. The van der Waals surface area contributed by atoms with Crippen LogP contribution in [0.5, 0.6) is 0 Å². The van der Waals surface area contributed by atoms with Gasteiger partial charge in [0.05, 0.1) is 11.1 Å². The van der Waals surface area contributed by atoms with Gasteiger partial charge in [-0.1, -0.05) is 0 Å². The molecule has 0 bridgehead atoms. The van der Waals surface area contributed by atoms with Gasteiger partial charge in [-0.15, -0.1) is 0 Å². The van der Waals surface area contributed by atoms with Crippen LogP contribution >= 0.6 is 0 Å². The van der Waals surface area contributed by atoms with Crippen molar-refractivity contribution in [3.05, 3.63) is 35.9 Å². The van der Waals surface area contributed by atoms with Gasteiger partial charge < -0.3 is 4.90 Å². The van der Waals surface area contributed by atoms with Crippen molar-refractivity contribution < 1.29 is 13.2 Å². The topological polar surface area (TPSA) is 16.1 Å². The summed E-state index contributed by atoms with van der Waals surface area (Å²) in [6.45, 7) is 5.66. The van der Waals surface area contributed by atoms with Crippen molar-refractivity contribution in [1.29, 1.82) is 0 Å². The SMILES string of the molecule is CCN(CC)c1ccc2cc(C(F)(F)F)ccc2n1. The van der Waals surface area contributed by atoms with Crippen molar-refractivity contribution in [1.82, 2.24) is 4.98 Å². The number of alkyl halides is 3. The second-order valence-electron chi connectivity index (χ2n) is 4.25. The molecule has 2 nitrogen and oxygen atoms in total. The van der Waals surface area contributed by atoms with Crippen molar-refractivity contribution in [2.75, 3.05) is 18.0 Å². The molecule has 0 atom stereocenters. The summed E-state index contributed by atoms with van der Waals surface area (Å²) in [5.74, 6) is 0.789. The fourth-order valence-electron chi connectivity index (χ4n) is 2.01. The van der Waals surface area contributed by atoms with E-state index in [1.807, 2.05) is 13.8 Å². The first-order valence-corrected chi connectivity index (χ1v) is 6.18. The molecule has 0 aliphatic rings. The first-order chi connectivity index (χ1) is 8.95. The van der Waals surface area contributed by atoms with Gasteiger partial charge >= 0.3 is 6.18 Å². The van der Waals surface area contributed by atoms with Gasteiger partial charge in [0.25, 0.3) is 0 Å². The fraction of sp³-hybridized carbons (Fsp3) is 0.357. The van der Waals surface area contributed by atoms with Crippen LogP contribution in [0.1, 0.15) is 19.4 Å². The van der Waals surface area contributed by atoms with E-state index in [2.05, 4.69) is 9.88 Å². The Morgan fingerprint density at radius 2 is 1.74 bits per heavy atom. The highest BCUT2D eigenvalue weighted by Gasteiger charge is 2.30. The van der Waals surface area contributed by atoms with Crippen LogP contribution in [0.3, 0.4) is 0 Å². The van der Waals surface area contributed by atoms with Gasteiger partial charge in [-0.3, -0.25) is 0 Å².